The number of aliphatic hydroxyl groups excluding tert-OH is 1. The van der Waals surface area contributed by atoms with Crippen molar-refractivity contribution in [2.75, 3.05) is 54.6 Å². The second-order valence-electron chi connectivity index (χ2n) is 21.9. The van der Waals surface area contributed by atoms with E-state index in [1.54, 1.807) is 35.7 Å². The molecule has 0 saturated carbocycles. The molecule has 0 aliphatic carbocycles. The molecule has 2 atom stereocenters. The van der Waals surface area contributed by atoms with Gasteiger partial charge in [0.25, 0.3) is 11.8 Å². The van der Waals surface area contributed by atoms with Gasteiger partial charge in [-0.2, -0.15) is 23.5 Å². The van der Waals surface area contributed by atoms with Crippen LogP contribution >= 0.6 is 23.5 Å². The minimum atomic E-state index is -0.782. The highest BCUT2D eigenvalue weighted by molar-refractivity contribution is 7.98. The molecule has 0 aliphatic heterocycles. The fourth-order valence-electron chi connectivity index (χ4n) is 10.6. The van der Waals surface area contributed by atoms with Crippen LogP contribution in [0.1, 0.15) is 91.4 Å². The summed E-state index contributed by atoms with van der Waals surface area (Å²) in [5.41, 5.74) is 12.7. The Kier molecular flexibility index (Phi) is 26.5. The molecule has 0 saturated heterocycles. The summed E-state index contributed by atoms with van der Waals surface area (Å²) >= 11 is 3.17. The van der Waals surface area contributed by atoms with E-state index in [9.17, 15) is 41.8 Å². The zero-order valence-electron chi connectivity index (χ0n) is 51.9. The molecule has 0 heterocycles. The Balaban J connectivity index is 0.000000256. The summed E-state index contributed by atoms with van der Waals surface area (Å²) in [6.45, 7) is 7.42. The number of hydrogen-bond acceptors (Lipinski definition) is 11. The number of methoxy groups -OCH3 is 2. The maximum Gasteiger partial charge on any atom is 0.328 e. The van der Waals surface area contributed by atoms with E-state index in [4.69, 9.17) is 9.47 Å². The van der Waals surface area contributed by atoms with Gasteiger partial charge in [0.2, 0.25) is 0 Å². The fourth-order valence-corrected chi connectivity index (χ4v) is 11.6. The fraction of sp³-hybridized carbons (Fsp3) is 0.288. The van der Waals surface area contributed by atoms with Gasteiger partial charge in [0.1, 0.15) is 35.4 Å². The number of aryl methyl sites for hydroxylation is 3. The van der Waals surface area contributed by atoms with E-state index in [0.717, 1.165) is 80.9 Å². The predicted octanol–water partition coefficient (Wildman–Crippen LogP) is 14.8. The van der Waals surface area contributed by atoms with Crippen LogP contribution in [0.15, 0.2) is 170 Å². The molecule has 3 N–H and O–H groups in total. The second kappa shape index (κ2) is 34.6. The molecule has 0 aliphatic rings. The van der Waals surface area contributed by atoms with Crippen LogP contribution in [0.4, 0.5) is 28.9 Å². The number of thioether (sulfide) groups is 2. The van der Waals surface area contributed by atoms with Crippen molar-refractivity contribution in [3.05, 3.63) is 249 Å². The van der Waals surface area contributed by atoms with Gasteiger partial charge in [-0.15, -0.1) is 0 Å². The zero-order valence-corrected chi connectivity index (χ0v) is 53.6. The van der Waals surface area contributed by atoms with Gasteiger partial charge >= 0.3 is 11.9 Å². The highest BCUT2D eigenvalue weighted by atomic mass is 32.2. The number of aliphatic hydroxyl groups is 1. The molecule has 0 unspecified atom stereocenters. The molecular weight excluding hydrogens is 1180 g/mol. The number of nitrogens with one attached hydrogen (secondary N) is 2. The summed E-state index contributed by atoms with van der Waals surface area (Å²) in [7, 11) is 2.62. The monoisotopic (exact) mass is 1260 g/mol. The molecule has 17 heteroatoms. The van der Waals surface area contributed by atoms with Crippen molar-refractivity contribution in [1.82, 2.24) is 10.6 Å². The number of nitrogens with zero attached hydrogens (tertiary/aromatic N) is 2. The Morgan fingerprint density at radius 2 is 0.822 bits per heavy atom. The zero-order chi connectivity index (χ0) is 64.7. The summed E-state index contributed by atoms with van der Waals surface area (Å²) in [6, 6.07) is 48.2. The molecule has 0 bridgehead atoms. The summed E-state index contributed by atoms with van der Waals surface area (Å²) in [5.74, 6) is -2.92. The maximum absolute atomic E-state index is 14.1. The highest BCUT2D eigenvalue weighted by Crippen LogP contribution is 2.33. The van der Waals surface area contributed by atoms with Gasteiger partial charge in [-0.3, -0.25) is 9.59 Å². The van der Waals surface area contributed by atoms with Crippen molar-refractivity contribution in [3.8, 4) is 22.3 Å². The molecular formula is C73H78F4N4O7S2. The van der Waals surface area contributed by atoms with Crippen molar-refractivity contribution < 1.29 is 51.3 Å². The topological polar surface area (TPSA) is 138 Å². The van der Waals surface area contributed by atoms with E-state index in [0.29, 0.717) is 71.7 Å². The van der Waals surface area contributed by atoms with E-state index >= 15 is 0 Å². The van der Waals surface area contributed by atoms with E-state index in [2.05, 4.69) is 34.6 Å². The van der Waals surface area contributed by atoms with Crippen LogP contribution in [0.25, 0.3) is 22.3 Å². The van der Waals surface area contributed by atoms with Crippen molar-refractivity contribution in [1.29, 1.82) is 0 Å². The van der Waals surface area contributed by atoms with E-state index < -0.39 is 47.3 Å². The Bertz CT molecular complexity index is 3420. The third kappa shape index (κ3) is 19.8. The number of ether oxygens (including phenoxy) is 2. The van der Waals surface area contributed by atoms with Crippen molar-refractivity contribution >= 4 is 58.7 Å². The summed E-state index contributed by atoms with van der Waals surface area (Å²) in [5, 5.41) is 15.1. The number of halogens is 4. The molecule has 472 valence electrons. The molecule has 8 rings (SSSR count). The minimum absolute atomic E-state index is 0.0329. The Morgan fingerprint density at radius 3 is 1.17 bits per heavy atom. The largest absolute Gasteiger partial charge is 0.467 e. The van der Waals surface area contributed by atoms with Crippen LogP contribution in [-0.4, -0.2) is 85.8 Å². The first-order chi connectivity index (χ1) is 43.4. The van der Waals surface area contributed by atoms with Gasteiger partial charge in [-0.1, -0.05) is 98.3 Å². The van der Waals surface area contributed by atoms with Crippen LogP contribution in [-0.2, 0) is 58.1 Å². The first kappa shape index (κ1) is 69.1. The molecule has 8 aromatic carbocycles. The number of carbonyl (C=O) groups is 4. The van der Waals surface area contributed by atoms with Gasteiger partial charge in [-0.25, -0.2) is 27.2 Å². The lowest BCUT2D eigenvalue weighted by atomic mass is 9.93. The molecule has 0 aromatic heterocycles. The van der Waals surface area contributed by atoms with E-state index in [1.165, 1.54) is 44.0 Å². The Morgan fingerprint density at radius 1 is 0.467 bits per heavy atom. The molecule has 11 nitrogen and oxygen atoms in total. The van der Waals surface area contributed by atoms with Crippen molar-refractivity contribution in [2.24, 2.45) is 0 Å². The van der Waals surface area contributed by atoms with Crippen LogP contribution < -0.4 is 20.4 Å². The first-order valence-corrected chi connectivity index (χ1v) is 32.5. The average molecular weight is 1260 g/mol. The number of anilines is 2. The van der Waals surface area contributed by atoms with Gasteiger partial charge in [0.05, 0.1) is 14.2 Å². The third-order valence-electron chi connectivity index (χ3n) is 15.2. The smallest absolute Gasteiger partial charge is 0.328 e. The Hall–Kier alpha value is -8.38. The van der Waals surface area contributed by atoms with E-state index in [1.807, 2.05) is 140 Å². The van der Waals surface area contributed by atoms with Gasteiger partial charge in [0.15, 0.2) is 0 Å². The molecule has 0 fully saturated rings. The number of amides is 2. The number of carbonyl (C=O) groups excluding carboxylic acids is 4. The lowest BCUT2D eigenvalue weighted by Gasteiger charge is -2.26. The number of rotatable bonds is 28. The van der Waals surface area contributed by atoms with E-state index in [-0.39, 0.29) is 31.5 Å². The second-order valence-corrected chi connectivity index (χ2v) is 23.8. The first-order valence-electron chi connectivity index (χ1n) is 29.8. The van der Waals surface area contributed by atoms with Crippen molar-refractivity contribution in [2.45, 2.75) is 91.1 Å². The van der Waals surface area contributed by atoms with Crippen molar-refractivity contribution in [3.63, 3.8) is 0 Å². The molecule has 8 aromatic rings. The number of hydrogen-bond donors (Lipinski definition) is 3. The molecule has 90 heavy (non-hydrogen) atoms. The lowest BCUT2D eigenvalue weighted by Crippen LogP contribution is -2.42. The summed E-state index contributed by atoms with van der Waals surface area (Å²) in [4.78, 5) is 56.3. The molecule has 2 amide bonds. The molecule has 0 spiro atoms. The van der Waals surface area contributed by atoms with Crippen LogP contribution in [0, 0.1) is 37.1 Å². The normalized spacial score (nSPS) is 11.6. The van der Waals surface area contributed by atoms with Gasteiger partial charge in [-0.05, 0) is 203 Å². The van der Waals surface area contributed by atoms with Crippen LogP contribution in [0.2, 0.25) is 0 Å². The number of benzene rings is 8. The maximum atomic E-state index is 14.1. The predicted molar refractivity (Wildman–Crippen MR) is 356 cm³/mol. The highest BCUT2D eigenvalue weighted by Gasteiger charge is 2.27. The summed E-state index contributed by atoms with van der Waals surface area (Å²) in [6.07, 6.45) is 7.28. The Labute approximate surface area is 534 Å². The van der Waals surface area contributed by atoms with Crippen LogP contribution in [0.3, 0.4) is 0 Å². The summed E-state index contributed by atoms with van der Waals surface area (Å²) < 4.78 is 66.4. The van der Waals surface area contributed by atoms with Gasteiger partial charge < -0.3 is 35.0 Å². The SMILES string of the molecule is CCCc1ccc(N(Cc2cc(F)cc(F)c2)Cc2ccc(C(=O)N[C@@H](CCSC)C(=O)OC)c(-c3ccccc3C)c2)cc1.COC(=O)[C@H](CCSC)NC(=O)c1ccc(CN(Cc2cc(F)cc(F)c2)c2ccc(CCO)cc2)cc1-c1ccccc1C. The van der Waals surface area contributed by atoms with Gasteiger partial charge in [0, 0.05) is 67.4 Å². The average Bonchev–Trinajstić information content (AvgIpc) is 1.36. The standard InChI is InChI=1S/C37H40F2N2O3S.C36H38F2N2O4S/c1-5-8-26-11-14-31(15-12-26)41(24-28-19-29(38)22-30(39)20-28)23-27-13-16-33(34(21-27)32-10-7-6-9-25(32)2)36(42)40-35(17-18-45-4)37(43)44-3;1-24-6-4-5-7-31(24)33-20-26(10-13-32(33)35(42)39-34(15-17-45-3)36(43)44-2)22-40(23-27-18-28(37)21-29(38)19-27)30-11-8-25(9-12-30)14-16-41/h6-7,9-16,19-22,35H,5,8,17-18,23-24H2,1-4H3,(H,40,42);4-13,18-21,34,41H,14-17,22-23H2,1-3H3,(H,39,42)/t35-;34-/m00/s1. The number of esters is 2. The molecule has 0 radical (unpaired) electrons. The van der Waals surface area contributed by atoms with Crippen LogP contribution in [0.5, 0.6) is 0 Å². The lowest BCUT2D eigenvalue weighted by molar-refractivity contribution is -0.143. The third-order valence-corrected chi connectivity index (χ3v) is 16.5. The quantitative estimate of drug-likeness (QED) is 0.0319. The minimum Gasteiger partial charge on any atom is -0.467 e.